The maximum Gasteiger partial charge on any atom is 0.341 e. The van der Waals surface area contributed by atoms with Gasteiger partial charge in [-0.05, 0) is 106 Å². The minimum Gasteiger partial charge on any atom is -0.497 e. The van der Waals surface area contributed by atoms with Crippen LogP contribution in [0.2, 0.25) is 0 Å². The number of furan rings is 1. The number of amides is 1. The minimum atomic E-state index is -1.14. The van der Waals surface area contributed by atoms with Crippen LogP contribution in [-0.4, -0.2) is 36.5 Å². The molecule has 0 atom stereocenters. The van der Waals surface area contributed by atoms with Crippen molar-refractivity contribution in [2.45, 2.75) is 33.1 Å². The third kappa shape index (κ3) is 6.12. The number of rotatable bonds is 10. The molecule has 4 rings (SSSR count). The van der Waals surface area contributed by atoms with Crippen molar-refractivity contribution in [1.82, 2.24) is 0 Å². The fraction of sp³-hybridized carbons (Fsp3) is 0.233. The molecule has 0 spiro atoms. The average molecular weight is 767 g/mol. The van der Waals surface area contributed by atoms with Gasteiger partial charge in [0.1, 0.15) is 22.8 Å². The Morgan fingerprint density at radius 3 is 2.35 bits per heavy atom. The normalized spacial score (nSPS) is 11.1. The number of carboxylic acid groups (broad SMARTS) is 1. The van der Waals surface area contributed by atoms with Crippen molar-refractivity contribution in [3.8, 4) is 11.5 Å². The third-order valence-corrected chi connectivity index (χ3v) is 8.39. The number of hydrogen-bond donors (Lipinski definition) is 2. The zero-order valence-corrected chi connectivity index (χ0v) is 26.6. The highest BCUT2D eigenvalue weighted by molar-refractivity contribution is 14.1. The zero-order valence-electron chi connectivity index (χ0n) is 22.3. The van der Waals surface area contributed by atoms with Crippen LogP contribution in [0.3, 0.4) is 0 Å². The first-order valence-electron chi connectivity index (χ1n) is 12.5. The molecule has 3 aromatic carbocycles. The van der Waals surface area contributed by atoms with E-state index in [9.17, 15) is 19.5 Å². The van der Waals surface area contributed by atoms with Gasteiger partial charge in [-0.3, -0.25) is 9.59 Å². The lowest BCUT2D eigenvalue weighted by Gasteiger charge is -2.16. The molecular formula is C30H27I2NO7. The van der Waals surface area contributed by atoms with Crippen molar-refractivity contribution in [1.29, 1.82) is 0 Å². The molecule has 8 nitrogen and oxygen atoms in total. The molecule has 0 unspecified atom stereocenters. The molecule has 1 amide bonds. The monoisotopic (exact) mass is 767 g/mol. The zero-order chi connectivity index (χ0) is 29.1. The van der Waals surface area contributed by atoms with E-state index in [1.165, 1.54) is 0 Å². The SMILES string of the molecule is CCc1c(I)cc(C(=O)c2c(C(C)C)oc3ccc(NC(=O)c4ccc(OC)cc4)cc23)c(OCC(=O)O)c1I. The van der Waals surface area contributed by atoms with E-state index >= 15 is 0 Å². The molecule has 1 aromatic heterocycles. The molecule has 0 aliphatic rings. The number of carbonyl (C=O) groups is 3. The van der Waals surface area contributed by atoms with E-state index in [0.29, 0.717) is 49.3 Å². The first kappa shape index (κ1) is 29.8. The Bertz CT molecular complexity index is 1610. The number of aliphatic carboxylic acids is 1. The molecule has 0 saturated carbocycles. The van der Waals surface area contributed by atoms with Crippen molar-refractivity contribution in [3.05, 3.63) is 83.7 Å². The summed E-state index contributed by atoms with van der Waals surface area (Å²) < 4.78 is 18.5. The number of fused-ring (bicyclic) bond motifs is 1. The molecule has 0 fully saturated rings. The maximum atomic E-state index is 14.2. The second kappa shape index (κ2) is 12.6. The van der Waals surface area contributed by atoms with E-state index in [0.717, 1.165) is 9.13 Å². The summed E-state index contributed by atoms with van der Waals surface area (Å²) >= 11 is 4.29. The largest absolute Gasteiger partial charge is 0.497 e. The first-order valence-corrected chi connectivity index (χ1v) is 14.6. The van der Waals surface area contributed by atoms with Gasteiger partial charge in [0.05, 0.1) is 21.8 Å². The van der Waals surface area contributed by atoms with Crippen LogP contribution in [0.1, 0.15) is 64.3 Å². The summed E-state index contributed by atoms with van der Waals surface area (Å²) in [6.07, 6.45) is 0.692. The fourth-order valence-electron chi connectivity index (χ4n) is 4.32. The number of carboxylic acids is 1. The lowest BCUT2D eigenvalue weighted by Crippen LogP contribution is -2.15. The quantitative estimate of drug-likeness (QED) is 0.129. The molecule has 0 aliphatic heterocycles. The number of ketones is 1. The number of ether oxygens (including phenoxy) is 2. The number of carbonyl (C=O) groups excluding carboxylic acids is 2. The van der Waals surface area contributed by atoms with Gasteiger partial charge in [0.25, 0.3) is 5.91 Å². The van der Waals surface area contributed by atoms with E-state index in [4.69, 9.17) is 13.9 Å². The van der Waals surface area contributed by atoms with Crippen molar-refractivity contribution in [2.75, 3.05) is 19.0 Å². The van der Waals surface area contributed by atoms with Gasteiger partial charge in [0, 0.05) is 26.1 Å². The third-order valence-electron chi connectivity index (χ3n) is 6.28. The summed E-state index contributed by atoms with van der Waals surface area (Å²) in [7, 11) is 1.56. The topological polar surface area (TPSA) is 115 Å². The van der Waals surface area contributed by atoms with E-state index in [-0.39, 0.29) is 28.9 Å². The Kier molecular flexibility index (Phi) is 9.39. The van der Waals surface area contributed by atoms with Crippen LogP contribution >= 0.6 is 45.2 Å². The summed E-state index contributed by atoms with van der Waals surface area (Å²) in [5, 5.41) is 12.7. The van der Waals surface area contributed by atoms with Gasteiger partial charge in [-0.1, -0.05) is 20.8 Å². The van der Waals surface area contributed by atoms with Crippen molar-refractivity contribution < 1.29 is 33.4 Å². The Morgan fingerprint density at radius 2 is 1.75 bits per heavy atom. The number of hydrogen-bond acceptors (Lipinski definition) is 6. The molecule has 1 heterocycles. The first-order chi connectivity index (χ1) is 19.0. The number of halogens is 2. The summed E-state index contributed by atoms with van der Waals surface area (Å²) in [4.78, 5) is 38.5. The van der Waals surface area contributed by atoms with Crippen molar-refractivity contribution in [2.24, 2.45) is 0 Å². The molecule has 0 saturated heterocycles. The van der Waals surface area contributed by atoms with Crippen LogP contribution < -0.4 is 14.8 Å². The van der Waals surface area contributed by atoms with Crippen LogP contribution in [-0.2, 0) is 11.2 Å². The predicted molar refractivity (Wildman–Crippen MR) is 169 cm³/mol. The van der Waals surface area contributed by atoms with Gasteiger partial charge in [-0.2, -0.15) is 0 Å². The molecule has 0 aliphatic carbocycles. The molecule has 0 radical (unpaired) electrons. The highest BCUT2D eigenvalue weighted by atomic mass is 127. The van der Waals surface area contributed by atoms with Gasteiger partial charge in [-0.25, -0.2) is 4.79 Å². The number of methoxy groups -OCH3 is 1. The number of nitrogens with one attached hydrogen (secondary N) is 1. The molecule has 0 bridgehead atoms. The number of benzene rings is 3. The number of anilines is 1. The van der Waals surface area contributed by atoms with Crippen molar-refractivity contribution >= 4 is 79.5 Å². The van der Waals surface area contributed by atoms with Crippen LogP contribution in [0.5, 0.6) is 11.5 Å². The van der Waals surface area contributed by atoms with Gasteiger partial charge >= 0.3 is 5.97 Å². The molecular weight excluding hydrogens is 740 g/mol. The van der Waals surface area contributed by atoms with E-state index in [1.54, 1.807) is 55.6 Å². The fourth-order valence-corrected chi connectivity index (χ4v) is 6.92. The standard InChI is InChI=1S/C30H27I2NO7/c1-5-19-22(31)13-21(29(26(19)32)39-14-24(34)35)27(36)25-20-12-17(8-11-23(20)40-28(25)15(2)3)33-30(37)16-6-9-18(38-4)10-7-16/h6-13,15H,5,14H2,1-4H3,(H,33,37)(H,34,35). The molecule has 2 N–H and O–H groups in total. The molecule has 10 heteroatoms. The van der Waals surface area contributed by atoms with E-state index in [2.05, 4.69) is 50.5 Å². The molecule has 40 heavy (non-hydrogen) atoms. The predicted octanol–water partition coefficient (Wildman–Crippen LogP) is 7.28. The van der Waals surface area contributed by atoms with Crippen LogP contribution in [0.15, 0.2) is 52.9 Å². The Morgan fingerprint density at radius 1 is 1.05 bits per heavy atom. The van der Waals surface area contributed by atoms with Crippen LogP contribution in [0, 0.1) is 7.14 Å². The minimum absolute atomic E-state index is 0.125. The Labute approximate surface area is 258 Å². The second-order valence-corrected chi connectivity index (χ2v) is 11.5. The van der Waals surface area contributed by atoms with E-state index in [1.807, 2.05) is 20.8 Å². The van der Waals surface area contributed by atoms with Crippen LogP contribution in [0.25, 0.3) is 11.0 Å². The maximum absolute atomic E-state index is 14.2. The molecule has 4 aromatic rings. The molecule has 208 valence electrons. The summed E-state index contributed by atoms with van der Waals surface area (Å²) in [5.41, 5.74) is 3.02. The van der Waals surface area contributed by atoms with Gasteiger partial charge in [-0.15, -0.1) is 0 Å². The van der Waals surface area contributed by atoms with Gasteiger partial charge < -0.3 is 24.3 Å². The lowest BCUT2D eigenvalue weighted by atomic mass is 9.94. The van der Waals surface area contributed by atoms with E-state index < -0.39 is 12.6 Å². The highest BCUT2D eigenvalue weighted by Gasteiger charge is 2.29. The highest BCUT2D eigenvalue weighted by Crippen LogP contribution is 2.39. The average Bonchev–Trinajstić information content (AvgIpc) is 3.31. The Balaban J connectivity index is 1.81. The summed E-state index contributed by atoms with van der Waals surface area (Å²) in [6, 6.07) is 13.6. The Hall–Kier alpha value is -3.13. The van der Waals surface area contributed by atoms with Gasteiger partial charge in [0.15, 0.2) is 6.61 Å². The lowest BCUT2D eigenvalue weighted by molar-refractivity contribution is -0.139. The summed E-state index contributed by atoms with van der Waals surface area (Å²) in [5.74, 6) is -0.555. The smallest absolute Gasteiger partial charge is 0.341 e. The van der Waals surface area contributed by atoms with Crippen molar-refractivity contribution in [3.63, 3.8) is 0 Å². The van der Waals surface area contributed by atoms with Gasteiger partial charge in [0.2, 0.25) is 5.78 Å². The second-order valence-electron chi connectivity index (χ2n) is 9.28. The summed E-state index contributed by atoms with van der Waals surface area (Å²) in [6.45, 7) is 5.27. The van der Waals surface area contributed by atoms with Crippen LogP contribution in [0.4, 0.5) is 5.69 Å².